The molecular weight excluding hydrogens is 182 g/mol. The van der Waals surface area contributed by atoms with Gasteiger partial charge in [-0.2, -0.15) is 5.10 Å². The number of aromatic nitrogens is 3. The summed E-state index contributed by atoms with van der Waals surface area (Å²) >= 11 is 0. The summed E-state index contributed by atoms with van der Waals surface area (Å²) in [6.07, 6.45) is 2.89. The van der Waals surface area contributed by atoms with Crippen molar-refractivity contribution in [2.24, 2.45) is 5.73 Å². The second-order valence-electron chi connectivity index (χ2n) is 3.73. The lowest BCUT2D eigenvalue weighted by Gasteiger charge is -2.23. The average molecular weight is 197 g/mol. The highest BCUT2D eigenvalue weighted by Crippen LogP contribution is 1.97. The van der Waals surface area contributed by atoms with Gasteiger partial charge in [0.25, 0.3) is 0 Å². The third-order valence-electron chi connectivity index (χ3n) is 1.76. The van der Waals surface area contributed by atoms with Crippen molar-refractivity contribution >= 4 is 5.91 Å². The first-order valence-corrected chi connectivity index (χ1v) is 4.37. The van der Waals surface area contributed by atoms with Crippen LogP contribution in [0.3, 0.4) is 0 Å². The van der Waals surface area contributed by atoms with E-state index in [-0.39, 0.29) is 18.0 Å². The van der Waals surface area contributed by atoms with Crippen LogP contribution in [-0.4, -0.2) is 32.8 Å². The van der Waals surface area contributed by atoms with Crippen molar-refractivity contribution in [3.05, 3.63) is 12.7 Å². The molecular formula is C8H15N5O. The van der Waals surface area contributed by atoms with Gasteiger partial charge in [0.2, 0.25) is 5.91 Å². The Labute approximate surface area is 82.5 Å². The fourth-order valence-corrected chi connectivity index (χ4v) is 0.929. The highest BCUT2D eigenvalue weighted by atomic mass is 16.2. The lowest BCUT2D eigenvalue weighted by atomic mass is 10.1. The summed E-state index contributed by atoms with van der Waals surface area (Å²) in [5, 5.41) is 6.62. The Kier molecular flexibility index (Phi) is 3.19. The van der Waals surface area contributed by atoms with Crippen LogP contribution in [0.4, 0.5) is 0 Å². The number of carbonyl (C=O) groups is 1. The van der Waals surface area contributed by atoms with Crippen LogP contribution in [0.5, 0.6) is 0 Å². The standard InChI is InChI=1S/C8H15N5O/c1-8(2,4-9)12-7(14)3-13-6-10-5-11-13/h5-6H,3-4,9H2,1-2H3,(H,12,14). The predicted octanol–water partition coefficient (Wildman–Crippen LogP) is -0.868. The molecule has 1 heterocycles. The monoisotopic (exact) mass is 197 g/mol. The number of hydrogen-bond donors (Lipinski definition) is 2. The largest absolute Gasteiger partial charge is 0.348 e. The molecule has 1 aromatic heterocycles. The van der Waals surface area contributed by atoms with E-state index in [0.717, 1.165) is 0 Å². The molecule has 6 heteroatoms. The smallest absolute Gasteiger partial charge is 0.242 e. The summed E-state index contributed by atoms with van der Waals surface area (Å²) < 4.78 is 1.46. The van der Waals surface area contributed by atoms with Crippen LogP contribution in [0, 0.1) is 0 Å². The Morgan fingerprint density at radius 1 is 1.64 bits per heavy atom. The molecule has 0 aliphatic carbocycles. The highest BCUT2D eigenvalue weighted by molar-refractivity contribution is 5.76. The van der Waals surface area contributed by atoms with Crippen molar-refractivity contribution in [2.45, 2.75) is 25.9 Å². The maximum absolute atomic E-state index is 11.4. The normalized spacial score (nSPS) is 11.4. The van der Waals surface area contributed by atoms with Gasteiger partial charge in [0.1, 0.15) is 19.2 Å². The summed E-state index contributed by atoms with van der Waals surface area (Å²) in [4.78, 5) is 15.2. The molecule has 1 amide bonds. The molecule has 0 aromatic carbocycles. The van der Waals surface area contributed by atoms with Gasteiger partial charge in [0.05, 0.1) is 0 Å². The summed E-state index contributed by atoms with van der Waals surface area (Å²) in [7, 11) is 0. The quantitative estimate of drug-likeness (QED) is 0.657. The maximum atomic E-state index is 11.4. The number of nitrogens with zero attached hydrogens (tertiary/aromatic N) is 3. The minimum Gasteiger partial charge on any atom is -0.348 e. The van der Waals surface area contributed by atoms with Gasteiger partial charge in [-0.25, -0.2) is 9.67 Å². The number of nitrogens with two attached hydrogens (primary N) is 1. The van der Waals surface area contributed by atoms with E-state index in [4.69, 9.17) is 5.73 Å². The van der Waals surface area contributed by atoms with E-state index in [9.17, 15) is 4.79 Å². The van der Waals surface area contributed by atoms with E-state index < -0.39 is 0 Å². The number of nitrogens with one attached hydrogen (secondary N) is 1. The van der Waals surface area contributed by atoms with E-state index in [1.807, 2.05) is 13.8 Å². The molecule has 6 nitrogen and oxygen atoms in total. The first kappa shape index (κ1) is 10.6. The highest BCUT2D eigenvalue weighted by Gasteiger charge is 2.18. The van der Waals surface area contributed by atoms with Gasteiger partial charge in [-0.1, -0.05) is 0 Å². The zero-order chi connectivity index (χ0) is 10.6. The van der Waals surface area contributed by atoms with Crippen molar-refractivity contribution < 1.29 is 4.79 Å². The summed E-state index contributed by atoms with van der Waals surface area (Å²) in [6, 6.07) is 0. The molecule has 1 rings (SSSR count). The van der Waals surface area contributed by atoms with Gasteiger partial charge in [0, 0.05) is 12.1 Å². The van der Waals surface area contributed by atoms with E-state index in [0.29, 0.717) is 6.54 Å². The number of hydrogen-bond acceptors (Lipinski definition) is 4. The Hall–Kier alpha value is -1.43. The molecule has 1 aromatic rings. The molecule has 0 spiro atoms. The summed E-state index contributed by atoms with van der Waals surface area (Å²) in [5.74, 6) is -0.119. The molecule has 14 heavy (non-hydrogen) atoms. The van der Waals surface area contributed by atoms with E-state index in [1.54, 1.807) is 0 Å². The topological polar surface area (TPSA) is 85.8 Å². The molecule has 0 radical (unpaired) electrons. The second-order valence-corrected chi connectivity index (χ2v) is 3.73. The van der Waals surface area contributed by atoms with Crippen LogP contribution in [0.1, 0.15) is 13.8 Å². The fourth-order valence-electron chi connectivity index (χ4n) is 0.929. The number of amides is 1. The van der Waals surface area contributed by atoms with Crippen molar-refractivity contribution in [3.8, 4) is 0 Å². The molecule has 78 valence electrons. The van der Waals surface area contributed by atoms with Gasteiger partial charge in [-0.3, -0.25) is 4.79 Å². The van der Waals surface area contributed by atoms with Gasteiger partial charge >= 0.3 is 0 Å². The fraction of sp³-hybridized carbons (Fsp3) is 0.625. The summed E-state index contributed by atoms with van der Waals surface area (Å²) in [6.45, 7) is 4.30. The number of carbonyl (C=O) groups excluding carboxylic acids is 1. The van der Waals surface area contributed by atoms with Gasteiger partial charge in [-0.05, 0) is 13.8 Å². The first-order chi connectivity index (χ1) is 6.53. The van der Waals surface area contributed by atoms with Gasteiger partial charge in [0.15, 0.2) is 0 Å². The number of rotatable bonds is 4. The van der Waals surface area contributed by atoms with Gasteiger partial charge < -0.3 is 11.1 Å². The van der Waals surface area contributed by atoms with Crippen molar-refractivity contribution in [3.63, 3.8) is 0 Å². The van der Waals surface area contributed by atoms with Crippen LogP contribution >= 0.6 is 0 Å². The minimum absolute atomic E-state index is 0.119. The molecule has 3 N–H and O–H groups in total. The third-order valence-corrected chi connectivity index (χ3v) is 1.76. The predicted molar refractivity (Wildman–Crippen MR) is 51.3 cm³/mol. The zero-order valence-electron chi connectivity index (χ0n) is 8.40. The average Bonchev–Trinajstić information content (AvgIpc) is 2.55. The SMILES string of the molecule is CC(C)(CN)NC(=O)Cn1cncn1. The van der Waals surface area contributed by atoms with Crippen LogP contribution in [-0.2, 0) is 11.3 Å². The molecule has 0 saturated carbocycles. The molecule has 0 aliphatic rings. The van der Waals surface area contributed by atoms with Crippen molar-refractivity contribution in [1.82, 2.24) is 20.1 Å². The Balaban J connectivity index is 2.44. The molecule has 0 unspecified atom stereocenters. The van der Waals surface area contributed by atoms with Crippen LogP contribution < -0.4 is 11.1 Å². The maximum Gasteiger partial charge on any atom is 0.242 e. The zero-order valence-corrected chi connectivity index (χ0v) is 8.40. The van der Waals surface area contributed by atoms with E-state index in [2.05, 4.69) is 15.4 Å². The molecule has 0 aliphatic heterocycles. The Morgan fingerprint density at radius 3 is 2.86 bits per heavy atom. The molecule has 0 bridgehead atoms. The van der Waals surface area contributed by atoms with Crippen LogP contribution in [0.25, 0.3) is 0 Å². The Morgan fingerprint density at radius 2 is 2.36 bits per heavy atom. The summed E-state index contributed by atoms with van der Waals surface area (Å²) in [5.41, 5.74) is 5.10. The van der Waals surface area contributed by atoms with Crippen molar-refractivity contribution in [1.29, 1.82) is 0 Å². The molecule has 0 atom stereocenters. The Bertz CT molecular complexity index is 293. The molecule has 0 saturated heterocycles. The lowest BCUT2D eigenvalue weighted by molar-refractivity contribution is -0.123. The van der Waals surface area contributed by atoms with E-state index >= 15 is 0 Å². The van der Waals surface area contributed by atoms with Crippen molar-refractivity contribution in [2.75, 3.05) is 6.54 Å². The minimum atomic E-state index is -0.377. The molecule has 0 fully saturated rings. The third kappa shape index (κ3) is 3.14. The first-order valence-electron chi connectivity index (χ1n) is 4.37. The second kappa shape index (κ2) is 4.19. The lowest BCUT2D eigenvalue weighted by Crippen LogP contribution is -2.49. The van der Waals surface area contributed by atoms with Gasteiger partial charge in [-0.15, -0.1) is 0 Å². The van der Waals surface area contributed by atoms with Crippen LogP contribution in [0.2, 0.25) is 0 Å². The van der Waals surface area contributed by atoms with Crippen LogP contribution in [0.15, 0.2) is 12.7 Å². The van der Waals surface area contributed by atoms with E-state index in [1.165, 1.54) is 17.3 Å².